The molecule has 0 saturated carbocycles. The van der Waals surface area contributed by atoms with Gasteiger partial charge in [-0.1, -0.05) is 39.7 Å². The van der Waals surface area contributed by atoms with Crippen LogP contribution in [0.1, 0.15) is 30.1 Å². The number of allylic oxidation sites excluding steroid dienone is 2. The van der Waals surface area contributed by atoms with Gasteiger partial charge in [-0.3, -0.25) is 9.59 Å². The summed E-state index contributed by atoms with van der Waals surface area (Å²) >= 11 is 3.33. The van der Waals surface area contributed by atoms with Gasteiger partial charge in [-0.15, -0.1) is 0 Å². The van der Waals surface area contributed by atoms with Crippen LogP contribution in [0.3, 0.4) is 0 Å². The summed E-state index contributed by atoms with van der Waals surface area (Å²) in [6.07, 6.45) is 3.18. The minimum Gasteiger partial charge on any atom is -0.421 e. The molecule has 0 aromatic heterocycles. The van der Waals surface area contributed by atoms with Crippen LogP contribution in [-0.4, -0.2) is 17.8 Å². The molecule has 4 rings (SSSR count). The van der Waals surface area contributed by atoms with Crippen LogP contribution in [0.2, 0.25) is 0 Å². The van der Waals surface area contributed by atoms with Crippen molar-refractivity contribution in [2.75, 3.05) is 4.90 Å². The Bertz CT molecular complexity index is 996. The predicted molar refractivity (Wildman–Crippen MR) is 108 cm³/mol. The Balaban J connectivity index is 1.63. The van der Waals surface area contributed by atoms with Crippen molar-refractivity contribution in [1.29, 1.82) is 0 Å². The first-order valence-corrected chi connectivity index (χ1v) is 9.85. The molecule has 142 valence electrons. The molecule has 28 heavy (non-hydrogen) atoms. The maximum Gasteiger partial charge on any atom is 0.343 e. The Morgan fingerprint density at radius 3 is 2.46 bits per heavy atom. The van der Waals surface area contributed by atoms with Gasteiger partial charge in [0.1, 0.15) is 0 Å². The third kappa shape index (κ3) is 3.29. The number of anilines is 1. The maximum absolute atomic E-state index is 13.0. The Hall–Kier alpha value is -2.73. The molecule has 0 N–H and O–H groups in total. The van der Waals surface area contributed by atoms with Gasteiger partial charge in [0, 0.05) is 4.47 Å². The van der Waals surface area contributed by atoms with Gasteiger partial charge in [0.2, 0.25) is 11.8 Å². The molecule has 5 nitrogen and oxygen atoms in total. The van der Waals surface area contributed by atoms with E-state index in [0.717, 1.165) is 10.0 Å². The lowest BCUT2D eigenvalue weighted by atomic mass is 9.82. The van der Waals surface area contributed by atoms with Gasteiger partial charge in [-0.05, 0) is 56.2 Å². The summed E-state index contributed by atoms with van der Waals surface area (Å²) in [4.78, 5) is 39.6. The Kier molecular flexibility index (Phi) is 4.89. The highest BCUT2D eigenvalue weighted by molar-refractivity contribution is 9.10. The number of esters is 1. The third-order valence-electron chi connectivity index (χ3n) is 5.21. The van der Waals surface area contributed by atoms with Crippen molar-refractivity contribution in [3.63, 3.8) is 0 Å². The second-order valence-electron chi connectivity index (χ2n) is 7.08. The van der Waals surface area contributed by atoms with Crippen LogP contribution in [0.5, 0.6) is 5.75 Å². The molecule has 0 radical (unpaired) electrons. The molecule has 2 aromatic rings. The van der Waals surface area contributed by atoms with Crippen LogP contribution in [0.25, 0.3) is 0 Å². The SMILES string of the molecule is CC1=CC[C@@H]2C(=O)N(c3ccccc3OC(=O)c3ccc(Br)cc3)C(=O)[C@H]2C1. The standard InChI is InChI=1S/C22H18BrNO4/c1-13-6-11-16-17(12-13)21(26)24(20(16)25)18-4-2-3-5-19(18)28-22(27)14-7-9-15(23)10-8-14/h2-10,16-17H,11-12H2,1H3/t16-,17-/m0/s1. The molecule has 6 heteroatoms. The number of benzene rings is 2. The average molecular weight is 440 g/mol. The fraction of sp³-hybridized carbons (Fsp3) is 0.227. The fourth-order valence-corrected chi connectivity index (χ4v) is 4.01. The van der Waals surface area contributed by atoms with Gasteiger partial charge in [0.25, 0.3) is 0 Å². The third-order valence-corrected chi connectivity index (χ3v) is 5.74. The van der Waals surface area contributed by atoms with Crippen LogP contribution in [-0.2, 0) is 9.59 Å². The molecule has 0 unspecified atom stereocenters. The number of carbonyl (C=O) groups excluding carboxylic acids is 3. The van der Waals surface area contributed by atoms with Crippen LogP contribution in [0, 0.1) is 11.8 Å². The summed E-state index contributed by atoms with van der Waals surface area (Å²) in [5.41, 5.74) is 1.82. The van der Waals surface area contributed by atoms with Crippen molar-refractivity contribution in [3.8, 4) is 5.75 Å². The fourth-order valence-electron chi connectivity index (χ4n) is 3.75. The normalized spacial score (nSPS) is 21.4. The Morgan fingerprint density at radius 2 is 1.71 bits per heavy atom. The molecule has 1 saturated heterocycles. The monoisotopic (exact) mass is 439 g/mol. The average Bonchev–Trinajstić information content (AvgIpc) is 2.93. The number of hydrogen-bond acceptors (Lipinski definition) is 4. The second kappa shape index (κ2) is 7.36. The van der Waals surface area contributed by atoms with E-state index < -0.39 is 5.97 Å². The molecular weight excluding hydrogens is 422 g/mol. The second-order valence-corrected chi connectivity index (χ2v) is 7.99. The number of hydrogen-bond donors (Lipinski definition) is 0. The zero-order valence-corrected chi connectivity index (χ0v) is 16.8. The van der Waals surface area contributed by atoms with E-state index >= 15 is 0 Å². The van der Waals surface area contributed by atoms with E-state index in [1.807, 2.05) is 13.0 Å². The topological polar surface area (TPSA) is 63.7 Å². The van der Waals surface area contributed by atoms with E-state index in [0.29, 0.717) is 24.1 Å². The highest BCUT2D eigenvalue weighted by atomic mass is 79.9. The van der Waals surface area contributed by atoms with Gasteiger partial charge in [-0.25, -0.2) is 9.69 Å². The van der Waals surface area contributed by atoms with Crippen LogP contribution >= 0.6 is 15.9 Å². The molecule has 0 spiro atoms. The lowest BCUT2D eigenvalue weighted by Gasteiger charge is -2.19. The molecule has 1 aliphatic carbocycles. The van der Waals surface area contributed by atoms with Crippen LogP contribution < -0.4 is 9.64 Å². The van der Waals surface area contributed by atoms with Crippen molar-refractivity contribution >= 4 is 39.4 Å². The molecule has 0 bridgehead atoms. The lowest BCUT2D eigenvalue weighted by molar-refractivity contribution is -0.122. The van der Waals surface area contributed by atoms with Crippen molar-refractivity contribution in [2.24, 2.45) is 11.8 Å². The number of amides is 2. The van der Waals surface area contributed by atoms with Gasteiger partial charge >= 0.3 is 5.97 Å². The summed E-state index contributed by atoms with van der Waals surface area (Å²) in [6, 6.07) is 13.4. The van der Waals surface area contributed by atoms with Crippen molar-refractivity contribution in [2.45, 2.75) is 19.8 Å². The van der Waals surface area contributed by atoms with E-state index in [9.17, 15) is 14.4 Å². The summed E-state index contributed by atoms with van der Waals surface area (Å²) < 4.78 is 6.39. The highest BCUT2D eigenvalue weighted by Crippen LogP contribution is 2.42. The summed E-state index contributed by atoms with van der Waals surface area (Å²) in [5, 5.41) is 0. The minimum atomic E-state index is -0.547. The van der Waals surface area contributed by atoms with Gasteiger partial charge in [-0.2, -0.15) is 0 Å². The minimum absolute atomic E-state index is 0.195. The van der Waals surface area contributed by atoms with E-state index in [1.54, 1.807) is 48.5 Å². The van der Waals surface area contributed by atoms with E-state index in [4.69, 9.17) is 4.74 Å². The maximum atomic E-state index is 13.0. The number of carbonyl (C=O) groups is 3. The zero-order valence-electron chi connectivity index (χ0n) is 15.2. The molecule has 2 atom stereocenters. The first-order chi connectivity index (χ1) is 13.5. The van der Waals surface area contributed by atoms with Gasteiger partial charge in [0.05, 0.1) is 23.1 Å². The van der Waals surface area contributed by atoms with Crippen molar-refractivity contribution in [1.82, 2.24) is 0 Å². The number of imide groups is 1. The quantitative estimate of drug-likeness (QED) is 0.305. The van der Waals surface area contributed by atoms with Crippen molar-refractivity contribution in [3.05, 3.63) is 70.2 Å². The lowest BCUT2D eigenvalue weighted by Crippen LogP contribution is -2.31. The van der Waals surface area contributed by atoms with E-state index in [2.05, 4.69) is 15.9 Å². The first-order valence-electron chi connectivity index (χ1n) is 9.06. The van der Waals surface area contributed by atoms with E-state index in [1.165, 1.54) is 4.90 Å². The number of para-hydroxylation sites is 2. The van der Waals surface area contributed by atoms with Gasteiger partial charge < -0.3 is 4.74 Å². The van der Waals surface area contributed by atoms with E-state index in [-0.39, 0.29) is 29.4 Å². The Morgan fingerprint density at radius 1 is 1.04 bits per heavy atom. The summed E-state index contributed by atoms with van der Waals surface area (Å²) in [7, 11) is 0. The highest BCUT2D eigenvalue weighted by Gasteiger charge is 2.49. The molecular formula is C22H18BrNO4. The van der Waals surface area contributed by atoms with Crippen LogP contribution in [0.15, 0.2) is 64.7 Å². The number of nitrogens with zero attached hydrogens (tertiary/aromatic N) is 1. The Labute approximate surface area is 171 Å². The number of rotatable bonds is 3. The summed E-state index contributed by atoms with van der Waals surface area (Å²) in [5.74, 6) is -1.49. The zero-order chi connectivity index (χ0) is 19.8. The molecule has 1 heterocycles. The first kappa shape index (κ1) is 18.6. The molecule has 1 aliphatic heterocycles. The van der Waals surface area contributed by atoms with Gasteiger partial charge in [0.15, 0.2) is 5.75 Å². The molecule has 2 aliphatic rings. The predicted octanol–water partition coefficient (Wildman–Crippen LogP) is 4.51. The largest absolute Gasteiger partial charge is 0.421 e. The molecule has 2 aromatic carbocycles. The number of halogens is 1. The van der Waals surface area contributed by atoms with Crippen LogP contribution in [0.4, 0.5) is 5.69 Å². The number of fused-ring (bicyclic) bond motifs is 1. The smallest absolute Gasteiger partial charge is 0.343 e. The molecule has 2 amide bonds. The van der Waals surface area contributed by atoms with Crippen molar-refractivity contribution < 1.29 is 19.1 Å². The number of ether oxygens (including phenoxy) is 1. The summed E-state index contributed by atoms with van der Waals surface area (Å²) in [6.45, 7) is 1.98. The molecule has 1 fully saturated rings.